The molecule has 0 spiro atoms. The standard InChI is InChI=1S/C19H15BrFNO4/c1-3-25-17-13(20)8-11(10-16(17)24-2)9-15-19(23)26-18(22-15)12-6-4-5-7-14(12)21/h4-10H,3H2,1-2H3/b15-9-. The Balaban J connectivity index is 1.98. The minimum absolute atomic E-state index is 0.0590. The highest BCUT2D eigenvalue weighted by atomic mass is 79.9. The van der Waals surface area contributed by atoms with E-state index in [1.165, 1.54) is 19.2 Å². The number of carbonyl (C=O) groups is 1. The fourth-order valence-corrected chi connectivity index (χ4v) is 3.00. The molecule has 1 aliphatic rings. The number of methoxy groups -OCH3 is 1. The number of aliphatic imine (C=N–C) groups is 1. The second-order valence-electron chi connectivity index (χ2n) is 5.28. The van der Waals surface area contributed by atoms with Crippen molar-refractivity contribution in [2.24, 2.45) is 4.99 Å². The number of hydrogen-bond donors (Lipinski definition) is 0. The smallest absolute Gasteiger partial charge is 0.363 e. The third-order valence-corrected chi connectivity index (χ3v) is 4.16. The zero-order chi connectivity index (χ0) is 18.7. The number of esters is 1. The van der Waals surface area contributed by atoms with Crippen molar-refractivity contribution in [1.82, 2.24) is 0 Å². The third kappa shape index (κ3) is 3.62. The monoisotopic (exact) mass is 419 g/mol. The molecular formula is C19H15BrFNO4. The van der Waals surface area contributed by atoms with Crippen LogP contribution in [0.25, 0.3) is 6.08 Å². The summed E-state index contributed by atoms with van der Waals surface area (Å²) in [6.07, 6.45) is 1.54. The summed E-state index contributed by atoms with van der Waals surface area (Å²) >= 11 is 3.43. The van der Waals surface area contributed by atoms with Gasteiger partial charge in [-0.15, -0.1) is 0 Å². The predicted octanol–water partition coefficient (Wildman–Crippen LogP) is 4.34. The summed E-state index contributed by atoms with van der Waals surface area (Å²) in [5.41, 5.74) is 0.860. The summed E-state index contributed by atoms with van der Waals surface area (Å²) in [5.74, 6) is -0.131. The average Bonchev–Trinajstić information content (AvgIpc) is 2.98. The van der Waals surface area contributed by atoms with Gasteiger partial charge in [0.2, 0.25) is 5.90 Å². The molecule has 0 fully saturated rings. The molecule has 0 atom stereocenters. The van der Waals surface area contributed by atoms with E-state index in [0.717, 1.165) is 0 Å². The minimum atomic E-state index is -0.646. The van der Waals surface area contributed by atoms with E-state index >= 15 is 0 Å². The molecule has 0 saturated carbocycles. The second kappa shape index (κ2) is 7.70. The molecule has 0 radical (unpaired) electrons. The van der Waals surface area contributed by atoms with E-state index in [9.17, 15) is 9.18 Å². The summed E-state index contributed by atoms with van der Waals surface area (Å²) in [6.45, 7) is 2.35. The number of cyclic esters (lactones) is 1. The van der Waals surface area contributed by atoms with E-state index < -0.39 is 11.8 Å². The maximum absolute atomic E-state index is 13.9. The number of nitrogens with zero attached hydrogens (tertiary/aromatic N) is 1. The summed E-state index contributed by atoms with van der Waals surface area (Å²) in [4.78, 5) is 16.2. The van der Waals surface area contributed by atoms with Gasteiger partial charge in [-0.1, -0.05) is 12.1 Å². The first-order chi connectivity index (χ1) is 12.5. The first-order valence-electron chi connectivity index (χ1n) is 7.81. The molecule has 7 heteroatoms. The number of halogens is 2. The van der Waals surface area contributed by atoms with Gasteiger partial charge in [-0.3, -0.25) is 0 Å². The molecule has 0 unspecified atom stereocenters. The molecule has 1 aliphatic heterocycles. The molecule has 5 nitrogen and oxygen atoms in total. The van der Waals surface area contributed by atoms with Gasteiger partial charge < -0.3 is 14.2 Å². The van der Waals surface area contributed by atoms with Crippen LogP contribution in [-0.2, 0) is 9.53 Å². The molecule has 134 valence electrons. The van der Waals surface area contributed by atoms with Crippen molar-refractivity contribution in [3.05, 3.63) is 63.5 Å². The number of rotatable bonds is 5. The summed E-state index contributed by atoms with van der Waals surface area (Å²) in [6, 6.07) is 9.46. The molecule has 2 aromatic carbocycles. The first-order valence-corrected chi connectivity index (χ1v) is 8.60. The highest BCUT2D eigenvalue weighted by Gasteiger charge is 2.26. The largest absolute Gasteiger partial charge is 0.493 e. The van der Waals surface area contributed by atoms with Gasteiger partial charge in [-0.2, -0.15) is 0 Å². The Morgan fingerprint density at radius 1 is 1.31 bits per heavy atom. The predicted molar refractivity (Wildman–Crippen MR) is 98.9 cm³/mol. The Kier molecular flexibility index (Phi) is 5.37. The molecule has 0 N–H and O–H groups in total. The number of carbonyl (C=O) groups excluding carboxylic acids is 1. The zero-order valence-electron chi connectivity index (χ0n) is 14.1. The SMILES string of the molecule is CCOc1c(Br)cc(/C=C2\N=C(c3ccccc3F)OC2=O)cc1OC. The van der Waals surface area contributed by atoms with Gasteiger partial charge in [0.05, 0.1) is 23.8 Å². The number of hydrogen-bond acceptors (Lipinski definition) is 5. The van der Waals surface area contributed by atoms with Crippen LogP contribution in [0.2, 0.25) is 0 Å². The molecule has 26 heavy (non-hydrogen) atoms. The first kappa shape index (κ1) is 18.1. The average molecular weight is 420 g/mol. The molecule has 3 rings (SSSR count). The molecule has 0 bridgehead atoms. The van der Waals surface area contributed by atoms with Crippen LogP contribution in [0.1, 0.15) is 18.1 Å². The molecule has 0 aromatic heterocycles. The Labute approximate surface area is 158 Å². The van der Waals surface area contributed by atoms with E-state index in [0.29, 0.717) is 28.1 Å². The Morgan fingerprint density at radius 2 is 2.08 bits per heavy atom. The van der Waals surface area contributed by atoms with Gasteiger partial charge >= 0.3 is 5.97 Å². The molecule has 1 heterocycles. The van der Waals surface area contributed by atoms with Crippen LogP contribution >= 0.6 is 15.9 Å². The molecule has 0 aliphatic carbocycles. The van der Waals surface area contributed by atoms with Gasteiger partial charge in [0.1, 0.15) is 5.82 Å². The van der Waals surface area contributed by atoms with Crippen molar-refractivity contribution in [2.75, 3.05) is 13.7 Å². The van der Waals surface area contributed by atoms with Gasteiger partial charge in [-0.25, -0.2) is 14.2 Å². The maximum atomic E-state index is 13.9. The van der Waals surface area contributed by atoms with Crippen LogP contribution in [0, 0.1) is 5.82 Å². The van der Waals surface area contributed by atoms with Crippen molar-refractivity contribution in [1.29, 1.82) is 0 Å². The molecule has 0 saturated heterocycles. The molecule has 2 aromatic rings. The van der Waals surface area contributed by atoms with E-state index in [1.807, 2.05) is 6.92 Å². The van der Waals surface area contributed by atoms with Crippen LogP contribution in [0.3, 0.4) is 0 Å². The molecule has 0 amide bonds. The van der Waals surface area contributed by atoms with Gasteiger partial charge in [0.15, 0.2) is 17.2 Å². The zero-order valence-corrected chi connectivity index (χ0v) is 15.7. The Hall–Kier alpha value is -2.67. The van der Waals surface area contributed by atoms with E-state index in [1.54, 1.807) is 30.3 Å². The Morgan fingerprint density at radius 3 is 2.77 bits per heavy atom. The van der Waals surface area contributed by atoms with Crippen molar-refractivity contribution >= 4 is 33.9 Å². The third-order valence-electron chi connectivity index (χ3n) is 3.57. The highest BCUT2D eigenvalue weighted by Crippen LogP contribution is 2.37. The van der Waals surface area contributed by atoms with Crippen molar-refractivity contribution in [2.45, 2.75) is 6.92 Å². The summed E-state index contributed by atoms with van der Waals surface area (Å²) in [5, 5.41) is 0. The second-order valence-corrected chi connectivity index (χ2v) is 6.14. The summed E-state index contributed by atoms with van der Waals surface area (Å²) < 4.78 is 30.5. The minimum Gasteiger partial charge on any atom is -0.493 e. The van der Waals surface area contributed by atoms with Crippen LogP contribution in [-0.4, -0.2) is 25.6 Å². The lowest BCUT2D eigenvalue weighted by Gasteiger charge is -2.12. The lowest BCUT2D eigenvalue weighted by molar-refractivity contribution is -0.129. The highest BCUT2D eigenvalue weighted by molar-refractivity contribution is 9.10. The fraction of sp³-hybridized carbons (Fsp3) is 0.158. The summed E-state index contributed by atoms with van der Waals surface area (Å²) in [7, 11) is 1.53. The van der Waals surface area contributed by atoms with Gasteiger partial charge in [0, 0.05) is 0 Å². The Bertz CT molecular complexity index is 924. The molecular weight excluding hydrogens is 405 g/mol. The van der Waals surface area contributed by atoms with Gasteiger partial charge in [0.25, 0.3) is 0 Å². The van der Waals surface area contributed by atoms with Crippen molar-refractivity contribution in [3.8, 4) is 11.5 Å². The van der Waals surface area contributed by atoms with Gasteiger partial charge in [-0.05, 0) is 58.8 Å². The van der Waals surface area contributed by atoms with E-state index in [2.05, 4.69) is 20.9 Å². The topological polar surface area (TPSA) is 57.1 Å². The van der Waals surface area contributed by atoms with Crippen molar-refractivity contribution < 1.29 is 23.4 Å². The van der Waals surface area contributed by atoms with E-state index in [-0.39, 0.29) is 17.2 Å². The van der Waals surface area contributed by atoms with Crippen molar-refractivity contribution in [3.63, 3.8) is 0 Å². The number of benzene rings is 2. The maximum Gasteiger partial charge on any atom is 0.363 e. The van der Waals surface area contributed by atoms with E-state index in [4.69, 9.17) is 14.2 Å². The number of ether oxygens (including phenoxy) is 3. The fourth-order valence-electron chi connectivity index (χ4n) is 2.42. The normalized spacial score (nSPS) is 15.0. The van der Waals surface area contributed by atoms with Crippen LogP contribution in [0.15, 0.2) is 51.6 Å². The lowest BCUT2D eigenvalue weighted by Crippen LogP contribution is -2.07. The quantitative estimate of drug-likeness (QED) is 0.534. The van der Waals surface area contributed by atoms with Crippen LogP contribution < -0.4 is 9.47 Å². The van der Waals surface area contributed by atoms with Crippen LogP contribution in [0.4, 0.5) is 4.39 Å². The van der Waals surface area contributed by atoms with Crippen LogP contribution in [0.5, 0.6) is 11.5 Å². The lowest BCUT2D eigenvalue weighted by atomic mass is 10.1.